The molecule has 21 heavy (non-hydrogen) atoms. The first-order chi connectivity index (χ1) is 10.0. The van der Waals surface area contributed by atoms with Crippen LogP contribution in [0, 0.1) is 11.8 Å². The molecule has 0 bridgehead atoms. The molecule has 0 radical (unpaired) electrons. The van der Waals surface area contributed by atoms with E-state index in [4.69, 9.17) is 0 Å². The lowest BCUT2D eigenvalue weighted by Gasteiger charge is -2.23. The maximum absolute atomic E-state index is 12.8. The first-order valence-corrected chi connectivity index (χ1v) is 7.65. The Morgan fingerprint density at radius 3 is 2.05 bits per heavy atom. The van der Waals surface area contributed by atoms with Gasteiger partial charge in [0.05, 0.1) is 17.5 Å². The minimum Gasteiger partial charge on any atom is -0.274 e. The normalized spacial score (nSPS) is 25.6. The fourth-order valence-corrected chi connectivity index (χ4v) is 3.52. The molecule has 0 N–H and O–H groups in total. The molecule has 1 heterocycles. The van der Waals surface area contributed by atoms with Gasteiger partial charge in [-0.2, -0.15) is 0 Å². The lowest BCUT2D eigenvalue weighted by molar-refractivity contribution is -0.122. The molecule has 3 rings (SSSR count). The molecule has 3 nitrogen and oxygen atoms in total. The second-order valence-corrected chi connectivity index (χ2v) is 6.18. The topological polar surface area (TPSA) is 37.4 Å². The fourth-order valence-electron chi connectivity index (χ4n) is 3.52. The smallest absolute Gasteiger partial charge is 0.238 e. The predicted molar refractivity (Wildman–Crippen MR) is 82.9 cm³/mol. The molecule has 1 aromatic rings. The van der Waals surface area contributed by atoms with Crippen molar-refractivity contribution in [3.05, 3.63) is 41.0 Å². The fraction of sp³-hybridized carbons (Fsp3) is 0.444. The lowest BCUT2D eigenvalue weighted by atomic mass is 9.78. The summed E-state index contributed by atoms with van der Waals surface area (Å²) in [4.78, 5) is 27.0. The van der Waals surface area contributed by atoms with E-state index in [0.717, 1.165) is 30.5 Å². The van der Waals surface area contributed by atoms with Crippen molar-refractivity contribution in [1.82, 2.24) is 0 Å². The van der Waals surface area contributed by atoms with Crippen LogP contribution in [0.1, 0.15) is 39.2 Å². The van der Waals surface area contributed by atoms with Gasteiger partial charge in [-0.3, -0.25) is 9.59 Å². The first kappa shape index (κ1) is 14.1. The minimum atomic E-state index is -0.161. The van der Waals surface area contributed by atoms with Gasteiger partial charge in [-0.1, -0.05) is 36.3 Å². The van der Waals surface area contributed by atoms with E-state index in [-0.39, 0.29) is 23.7 Å². The third-order valence-corrected chi connectivity index (χ3v) is 4.96. The highest BCUT2D eigenvalue weighted by molar-refractivity contribution is 6.22. The Hall–Kier alpha value is -1.90. The van der Waals surface area contributed by atoms with Gasteiger partial charge in [0.15, 0.2) is 0 Å². The maximum atomic E-state index is 12.8. The highest BCUT2D eigenvalue weighted by atomic mass is 16.2. The summed E-state index contributed by atoms with van der Waals surface area (Å²) in [6, 6.07) is 7.73. The van der Waals surface area contributed by atoms with E-state index in [1.165, 1.54) is 16.0 Å². The number of allylic oxidation sites excluding steroid dienone is 2. The van der Waals surface area contributed by atoms with E-state index in [0.29, 0.717) is 0 Å². The number of rotatable bonds is 2. The van der Waals surface area contributed by atoms with Gasteiger partial charge in [0.25, 0.3) is 0 Å². The molecular formula is C18H21NO2. The highest BCUT2D eigenvalue weighted by Crippen LogP contribution is 2.42. The molecule has 2 atom stereocenters. The molecule has 2 amide bonds. The number of amides is 2. The zero-order chi connectivity index (χ0) is 15.1. The van der Waals surface area contributed by atoms with Crippen molar-refractivity contribution in [3.8, 4) is 0 Å². The van der Waals surface area contributed by atoms with E-state index >= 15 is 0 Å². The van der Waals surface area contributed by atoms with Crippen molar-refractivity contribution in [2.24, 2.45) is 11.8 Å². The van der Waals surface area contributed by atoms with Crippen LogP contribution in [0.3, 0.4) is 0 Å². The average molecular weight is 283 g/mol. The van der Waals surface area contributed by atoms with Crippen LogP contribution >= 0.6 is 0 Å². The van der Waals surface area contributed by atoms with Crippen molar-refractivity contribution >= 4 is 17.5 Å². The zero-order valence-corrected chi connectivity index (χ0v) is 12.8. The number of hydrogen-bond acceptors (Lipinski definition) is 2. The van der Waals surface area contributed by atoms with Crippen LogP contribution in [0.5, 0.6) is 0 Å². The zero-order valence-electron chi connectivity index (χ0n) is 12.8. The standard InChI is InChI=1S/C18H21NO2/c1-4-13-7-5-6-8-16(13)19-17(20)14-9-11(2)12(3)10-15(14)18(19)21/h5-8,14-15H,4,9-10H2,1-3H3/t14-,15+. The van der Waals surface area contributed by atoms with Gasteiger partial charge in [0, 0.05) is 0 Å². The monoisotopic (exact) mass is 283 g/mol. The summed E-state index contributed by atoms with van der Waals surface area (Å²) in [7, 11) is 0. The number of aryl methyl sites for hydroxylation is 1. The molecule has 1 aliphatic heterocycles. The largest absolute Gasteiger partial charge is 0.274 e. The molecule has 1 saturated heterocycles. The number of hydrogen-bond donors (Lipinski definition) is 0. The Labute approximate surface area is 125 Å². The third kappa shape index (κ3) is 2.11. The van der Waals surface area contributed by atoms with E-state index in [1.54, 1.807) is 0 Å². The van der Waals surface area contributed by atoms with Crippen molar-refractivity contribution < 1.29 is 9.59 Å². The maximum Gasteiger partial charge on any atom is 0.238 e. The van der Waals surface area contributed by atoms with Crippen LogP contribution < -0.4 is 4.90 Å². The van der Waals surface area contributed by atoms with Gasteiger partial charge >= 0.3 is 0 Å². The molecule has 0 spiro atoms. The molecule has 0 unspecified atom stereocenters. The Kier molecular flexibility index (Phi) is 3.44. The Morgan fingerprint density at radius 2 is 1.52 bits per heavy atom. The summed E-state index contributed by atoms with van der Waals surface area (Å²) in [5, 5.41) is 0. The van der Waals surface area contributed by atoms with Gasteiger partial charge in [0.1, 0.15) is 0 Å². The van der Waals surface area contributed by atoms with E-state index in [2.05, 4.69) is 13.8 Å². The third-order valence-electron chi connectivity index (χ3n) is 4.96. The van der Waals surface area contributed by atoms with Crippen molar-refractivity contribution in [2.45, 2.75) is 40.0 Å². The Bertz CT molecular complexity index is 612. The van der Waals surface area contributed by atoms with E-state index < -0.39 is 0 Å². The number of imide groups is 1. The van der Waals surface area contributed by atoms with Gasteiger partial charge in [-0.15, -0.1) is 0 Å². The van der Waals surface area contributed by atoms with Crippen molar-refractivity contribution in [1.29, 1.82) is 0 Å². The second kappa shape index (κ2) is 5.14. The van der Waals surface area contributed by atoms with Gasteiger partial charge in [0.2, 0.25) is 11.8 Å². The number of carbonyl (C=O) groups excluding carboxylic acids is 2. The average Bonchev–Trinajstić information content (AvgIpc) is 2.71. The lowest BCUT2D eigenvalue weighted by Crippen LogP contribution is -2.31. The number of fused-ring (bicyclic) bond motifs is 1. The van der Waals surface area contributed by atoms with Crippen LogP contribution in [-0.2, 0) is 16.0 Å². The molecule has 2 aliphatic rings. The first-order valence-electron chi connectivity index (χ1n) is 7.65. The minimum absolute atomic E-state index is 0.0160. The quantitative estimate of drug-likeness (QED) is 0.615. The van der Waals surface area contributed by atoms with Crippen LogP contribution in [-0.4, -0.2) is 11.8 Å². The molecule has 3 heteroatoms. The molecule has 1 aliphatic carbocycles. The highest BCUT2D eigenvalue weighted by Gasteiger charge is 2.49. The molecule has 0 aromatic heterocycles. The Morgan fingerprint density at radius 1 is 1.00 bits per heavy atom. The predicted octanol–water partition coefficient (Wildman–Crippen LogP) is 3.48. The number of anilines is 1. The van der Waals surface area contributed by atoms with Crippen LogP contribution in [0.2, 0.25) is 0 Å². The summed E-state index contributed by atoms with van der Waals surface area (Å²) < 4.78 is 0. The van der Waals surface area contributed by atoms with Crippen LogP contribution in [0.15, 0.2) is 35.4 Å². The number of carbonyl (C=O) groups is 2. The summed E-state index contributed by atoms with van der Waals surface area (Å²) in [5.74, 6) is -0.354. The second-order valence-electron chi connectivity index (χ2n) is 6.18. The van der Waals surface area contributed by atoms with Gasteiger partial charge in [-0.25, -0.2) is 4.90 Å². The van der Waals surface area contributed by atoms with Gasteiger partial charge in [-0.05, 0) is 44.7 Å². The number of nitrogens with zero attached hydrogens (tertiary/aromatic N) is 1. The summed E-state index contributed by atoms with van der Waals surface area (Å²) in [5.41, 5.74) is 4.37. The van der Waals surface area contributed by atoms with E-state index in [1.807, 2.05) is 31.2 Å². The molecule has 1 aromatic carbocycles. The Balaban J connectivity index is 2.00. The molecule has 0 saturated carbocycles. The van der Waals surface area contributed by atoms with Crippen molar-refractivity contribution in [2.75, 3.05) is 4.90 Å². The molecule has 110 valence electrons. The van der Waals surface area contributed by atoms with Crippen LogP contribution in [0.4, 0.5) is 5.69 Å². The van der Waals surface area contributed by atoms with Crippen LogP contribution in [0.25, 0.3) is 0 Å². The SMILES string of the molecule is CCc1ccccc1N1C(=O)[C@H]2CC(C)=C(C)C[C@H]2C1=O. The summed E-state index contributed by atoms with van der Waals surface area (Å²) >= 11 is 0. The number of benzene rings is 1. The molecule has 1 fully saturated rings. The molecular weight excluding hydrogens is 262 g/mol. The van der Waals surface area contributed by atoms with Gasteiger partial charge < -0.3 is 0 Å². The number of para-hydroxylation sites is 1. The van der Waals surface area contributed by atoms with E-state index in [9.17, 15) is 9.59 Å². The summed E-state index contributed by atoms with van der Waals surface area (Å²) in [6.45, 7) is 6.20. The summed E-state index contributed by atoms with van der Waals surface area (Å²) in [6.07, 6.45) is 2.27. The van der Waals surface area contributed by atoms with Crippen molar-refractivity contribution in [3.63, 3.8) is 0 Å².